The van der Waals surface area contributed by atoms with Crippen LogP contribution in [0, 0.1) is 0 Å². The average molecular weight is 189 g/mol. The molecule has 1 fully saturated rings. The standard InChI is InChI=1S/C10H15N3/c11-9-1-3-10(4-2-9)13-7-5-12-6-8-13/h1-4,12H,5-8,11H2/i1D,2D,3D,4D,5D2,6D2,7D2,8D2. The summed E-state index contributed by atoms with van der Waals surface area (Å²) in [5.41, 5.74) is 3.98. The molecule has 3 N–H and O–H groups in total. The van der Waals surface area contributed by atoms with Gasteiger partial charge in [-0.3, -0.25) is 0 Å². The fraction of sp³-hybridized carbons (Fsp3) is 0.400. The van der Waals surface area contributed by atoms with Gasteiger partial charge in [0.25, 0.3) is 0 Å². The van der Waals surface area contributed by atoms with Gasteiger partial charge in [0.05, 0.1) is 11.0 Å². The Bertz CT molecular complexity index is 675. The van der Waals surface area contributed by atoms with Crippen LogP contribution in [-0.4, -0.2) is 26.0 Å². The van der Waals surface area contributed by atoms with Crippen molar-refractivity contribution in [2.75, 3.05) is 36.6 Å². The van der Waals surface area contributed by atoms with Crippen molar-refractivity contribution in [3.63, 3.8) is 0 Å². The highest BCUT2D eigenvalue weighted by atomic mass is 15.2. The third-order valence-electron chi connectivity index (χ3n) is 1.32. The lowest BCUT2D eigenvalue weighted by Gasteiger charge is -2.29. The molecule has 0 radical (unpaired) electrons. The molecule has 1 aromatic rings. The molecule has 0 atom stereocenters. The molecule has 70 valence electrons. The molecular formula is C10H15N3. The molecule has 1 aromatic carbocycles. The lowest BCUT2D eigenvalue weighted by Crippen LogP contribution is -2.43. The van der Waals surface area contributed by atoms with E-state index in [1.807, 2.05) is 0 Å². The molecular weight excluding hydrogens is 162 g/mol. The second-order valence-corrected chi connectivity index (χ2v) is 2.20. The number of benzene rings is 1. The molecule has 0 saturated carbocycles. The number of nitrogen functional groups attached to an aromatic ring is 1. The minimum atomic E-state index is -3.26. The number of nitrogens with one attached hydrogen (secondary N) is 1. The van der Waals surface area contributed by atoms with E-state index >= 15 is 0 Å². The number of nitrogens with two attached hydrogens (primary N) is 1. The molecule has 0 spiro atoms. The van der Waals surface area contributed by atoms with E-state index in [1.165, 1.54) is 0 Å². The SMILES string of the molecule is [2H]c1c([2H])c(N2C([2H])([2H])C([2H])([2H])NC([2H])([2H])C2([2H])[2H])c([2H])c([2H])c1N. The van der Waals surface area contributed by atoms with Crippen LogP contribution in [0.3, 0.4) is 0 Å². The Hall–Kier alpha value is -1.22. The summed E-state index contributed by atoms with van der Waals surface area (Å²) in [5.74, 6) is 0. The monoisotopic (exact) mass is 189 g/mol. The van der Waals surface area contributed by atoms with Crippen LogP contribution in [0.2, 0.25) is 0 Å². The van der Waals surface area contributed by atoms with Crippen molar-refractivity contribution in [3.8, 4) is 0 Å². The van der Waals surface area contributed by atoms with Crippen molar-refractivity contribution in [2.45, 2.75) is 0 Å². The van der Waals surface area contributed by atoms with E-state index in [-0.39, 0.29) is 4.90 Å². The highest BCUT2D eigenvalue weighted by molar-refractivity contribution is 5.53. The van der Waals surface area contributed by atoms with Gasteiger partial charge in [-0.05, 0) is 24.2 Å². The van der Waals surface area contributed by atoms with Crippen LogP contribution in [0.15, 0.2) is 24.2 Å². The molecule has 0 unspecified atom stereocenters. The van der Waals surface area contributed by atoms with Gasteiger partial charge in [0, 0.05) is 42.8 Å². The van der Waals surface area contributed by atoms with Crippen molar-refractivity contribution >= 4 is 11.4 Å². The molecule has 3 heteroatoms. The Morgan fingerprint density at radius 2 is 1.92 bits per heavy atom. The van der Waals surface area contributed by atoms with Gasteiger partial charge in [0.2, 0.25) is 0 Å². The minimum absolute atomic E-state index is 0.0311. The van der Waals surface area contributed by atoms with Gasteiger partial charge in [-0.15, -0.1) is 0 Å². The summed E-state index contributed by atoms with van der Waals surface area (Å²) in [5, 5.41) is 1.63. The molecule has 2 rings (SSSR count). The van der Waals surface area contributed by atoms with Crippen molar-refractivity contribution in [2.24, 2.45) is 0 Å². The van der Waals surface area contributed by atoms with Gasteiger partial charge in [-0.1, -0.05) is 0 Å². The van der Waals surface area contributed by atoms with Gasteiger partial charge < -0.3 is 16.0 Å². The summed E-state index contributed by atoms with van der Waals surface area (Å²) in [7, 11) is 0. The third-order valence-corrected chi connectivity index (χ3v) is 1.32. The second kappa shape index (κ2) is 3.66. The van der Waals surface area contributed by atoms with E-state index in [2.05, 4.69) is 0 Å². The van der Waals surface area contributed by atoms with E-state index in [4.69, 9.17) is 22.2 Å². The van der Waals surface area contributed by atoms with Crippen molar-refractivity contribution in [1.29, 1.82) is 0 Å². The van der Waals surface area contributed by atoms with E-state index in [1.54, 1.807) is 5.32 Å². The Labute approximate surface area is 95.4 Å². The zero-order valence-electron chi connectivity index (χ0n) is 18.5. The summed E-state index contributed by atoms with van der Waals surface area (Å²) in [6.45, 7) is -12.8. The summed E-state index contributed by atoms with van der Waals surface area (Å²) < 4.78 is 94.0. The summed E-state index contributed by atoms with van der Waals surface area (Å²) in [6.07, 6.45) is 0. The molecule has 0 aromatic heterocycles. The van der Waals surface area contributed by atoms with E-state index in [9.17, 15) is 0 Å². The zero-order valence-corrected chi connectivity index (χ0v) is 6.52. The number of rotatable bonds is 1. The van der Waals surface area contributed by atoms with Crippen LogP contribution in [0.25, 0.3) is 0 Å². The smallest absolute Gasteiger partial charge is 0.0645 e. The molecule has 0 bridgehead atoms. The van der Waals surface area contributed by atoms with Crippen LogP contribution in [0.5, 0.6) is 0 Å². The molecule has 1 aliphatic heterocycles. The van der Waals surface area contributed by atoms with Crippen LogP contribution in [0.1, 0.15) is 16.4 Å². The Morgan fingerprint density at radius 3 is 2.54 bits per heavy atom. The van der Waals surface area contributed by atoms with Crippen molar-refractivity contribution in [1.82, 2.24) is 5.32 Å². The Balaban J connectivity index is 2.92. The Morgan fingerprint density at radius 1 is 1.31 bits per heavy atom. The zero-order chi connectivity index (χ0) is 19.7. The van der Waals surface area contributed by atoms with Crippen molar-refractivity contribution in [3.05, 3.63) is 24.2 Å². The topological polar surface area (TPSA) is 41.3 Å². The van der Waals surface area contributed by atoms with Crippen LogP contribution in [-0.2, 0) is 0 Å². The third kappa shape index (κ3) is 1.92. The van der Waals surface area contributed by atoms with Gasteiger partial charge in [-0.2, -0.15) is 0 Å². The second-order valence-electron chi connectivity index (χ2n) is 2.20. The summed E-state index contributed by atoms with van der Waals surface area (Å²) in [6, 6.07) is -3.33. The lowest BCUT2D eigenvalue weighted by atomic mass is 10.2. The first-order chi connectivity index (χ1) is 11.0. The summed E-state index contributed by atoms with van der Waals surface area (Å²) >= 11 is 0. The van der Waals surface area contributed by atoms with Crippen LogP contribution in [0.4, 0.5) is 11.4 Å². The highest BCUT2D eigenvalue weighted by Crippen LogP contribution is 2.16. The van der Waals surface area contributed by atoms with E-state index in [0.717, 1.165) is 0 Å². The molecule has 1 aliphatic rings. The first-order valence-electron chi connectivity index (χ1n) is 9.46. The number of nitrogens with zero attached hydrogens (tertiary/aromatic N) is 1. The molecule has 0 aliphatic carbocycles. The van der Waals surface area contributed by atoms with Crippen molar-refractivity contribution < 1.29 is 16.4 Å². The first-order valence-corrected chi connectivity index (χ1v) is 3.46. The highest BCUT2D eigenvalue weighted by Gasteiger charge is 2.09. The summed E-state index contributed by atoms with van der Waals surface area (Å²) in [4.78, 5) is -0.0311. The lowest BCUT2D eigenvalue weighted by molar-refractivity contribution is 0.589. The fourth-order valence-corrected chi connectivity index (χ4v) is 0.766. The molecule has 13 heavy (non-hydrogen) atoms. The molecule has 1 heterocycles. The largest absolute Gasteiger partial charge is 0.399 e. The van der Waals surface area contributed by atoms with Gasteiger partial charge >= 0.3 is 0 Å². The number of hydrogen-bond donors (Lipinski definition) is 2. The maximum Gasteiger partial charge on any atom is 0.0645 e. The molecule has 3 nitrogen and oxygen atoms in total. The number of hydrogen-bond acceptors (Lipinski definition) is 3. The predicted octanol–water partition coefficient (Wildman–Crippen LogP) is 0.678. The maximum absolute atomic E-state index is 7.97. The number of piperazine rings is 1. The normalized spacial score (nSPS) is 46.3. The van der Waals surface area contributed by atoms with Gasteiger partial charge in [0.15, 0.2) is 0 Å². The molecule has 1 saturated heterocycles. The van der Waals surface area contributed by atoms with E-state index < -0.39 is 61.5 Å². The predicted molar refractivity (Wildman–Crippen MR) is 55.9 cm³/mol. The van der Waals surface area contributed by atoms with E-state index in [0.29, 0.717) is 0 Å². The van der Waals surface area contributed by atoms with Gasteiger partial charge in [0.1, 0.15) is 0 Å². The molecule has 0 amide bonds. The average Bonchev–Trinajstić information content (AvgIpc) is 2.44. The Kier molecular flexibility index (Phi) is 0.628. The minimum Gasteiger partial charge on any atom is -0.399 e. The van der Waals surface area contributed by atoms with Crippen LogP contribution >= 0.6 is 0 Å². The fourth-order valence-electron chi connectivity index (χ4n) is 0.766. The van der Waals surface area contributed by atoms with Crippen LogP contribution < -0.4 is 16.0 Å². The number of anilines is 2. The quantitative estimate of drug-likeness (QED) is 0.638. The first kappa shape index (κ1) is 2.23. The maximum atomic E-state index is 7.97. The van der Waals surface area contributed by atoms with Gasteiger partial charge in [-0.25, -0.2) is 0 Å².